The summed E-state index contributed by atoms with van der Waals surface area (Å²) in [6, 6.07) is 5.13. The molecule has 1 aliphatic heterocycles. The predicted molar refractivity (Wildman–Crippen MR) is 110 cm³/mol. The van der Waals surface area contributed by atoms with Gasteiger partial charge in [0.15, 0.2) is 0 Å². The Morgan fingerprint density at radius 2 is 2.10 bits per heavy atom. The first-order valence-corrected chi connectivity index (χ1v) is 9.69. The van der Waals surface area contributed by atoms with Crippen molar-refractivity contribution >= 4 is 18.4 Å². The van der Waals surface area contributed by atoms with Crippen LogP contribution < -0.4 is 0 Å². The topological polar surface area (TPSA) is 82.7 Å². The number of hydrogen-bond donors (Lipinski definition) is 1. The Morgan fingerprint density at radius 1 is 1.41 bits per heavy atom. The molecule has 1 atom stereocenters. The lowest BCUT2D eigenvalue weighted by Gasteiger charge is -2.39. The van der Waals surface area contributed by atoms with Crippen molar-refractivity contribution in [1.82, 2.24) is 19.9 Å². The molecule has 0 amide bonds. The SMILES string of the molecule is CCN(CC(=O)O)C1CCN(C(C)c2nc(-c3ccc(C)c(F)c3)no2)CC1.Cl. The van der Waals surface area contributed by atoms with Crippen molar-refractivity contribution in [3.63, 3.8) is 0 Å². The number of likely N-dealkylation sites (tertiary alicyclic amines) is 1. The molecule has 0 bridgehead atoms. The zero-order valence-electron chi connectivity index (χ0n) is 17.0. The van der Waals surface area contributed by atoms with Crippen LogP contribution in [0.2, 0.25) is 0 Å². The second-order valence-electron chi connectivity index (χ2n) is 7.32. The van der Waals surface area contributed by atoms with E-state index >= 15 is 0 Å². The summed E-state index contributed by atoms with van der Waals surface area (Å²) in [6.07, 6.45) is 1.80. The van der Waals surface area contributed by atoms with E-state index in [2.05, 4.69) is 15.0 Å². The van der Waals surface area contributed by atoms with Crippen LogP contribution in [0.5, 0.6) is 0 Å². The number of nitrogens with zero attached hydrogens (tertiary/aromatic N) is 4. The molecule has 0 spiro atoms. The molecule has 1 saturated heterocycles. The van der Waals surface area contributed by atoms with Gasteiger partial charge in [0.25, 0.3) is 0 Å². The van der Waals surface area contributed by atoms with Gasteiger partial charge in [-0.15, -0.1) is 12.4 Å². The van der Waals surface area contributed by atoms with Crippen LogP contribution in [0.4, 0.5) is 4.39 Å². The highest BCUT2D eigenvalue weighted by molar-refractivity contribution is 5.85. The fourth-order valence-corrected chi connectivity index (χ4v) is 3.72. The number of rotatable bonds is 7. The molecule has 1 fully saturated rings. The molecular formula is C20H28ClFN4O3. The van der Waals surface area contributed by atoms with Crippen LogP contribution in [0.1, 0.15) is 44.2 Å². The maximum absolute atomic E-state index is 13.8. The molecule has 0 aliphatic carbocycles. The van der Waals surface area contributed by atoms with Crippen LogP contribution in [0.3, 0.4) is 0 Å². The summed E-state index contributed by atoms with van der Waals surface area (Å²) in [7, 11) is 0. The predicted octanol–water partition coefficient (Wildman–Crippen LogP) is 3.54. The van der Waals surface area contributed by atoms with Gasteiger partial charge in [0.05, 0.1) is 12.6 Å². The summed E-state index contributed by atoms with van der Waals surface area (Å²) in [5.41, 5.74) is 1.17. The van der Waals surface area contributed by atoms with Gasteiger partial charge in [0, 0.05) is 24.7 Å². The van der Waals surface area contributed by atoms with Gasteiger partial charge in [-0.2, -0.15) is 4.98 Å². The van der Waals surface area contributed by atoms with Gasteiger partial charge < -0.3 is 9.63 Å². The molecule has 2 aromatic rings. The van der Waals surface area contributed by atoms with Gasteiger partial charge >= 0.3 is 5.97 Å². The maximum atomic E-state index is 13.8. The minimum absolute atomic E-state index is 0. The van der Waals surface area contributed by atoms with Crippen LogP contribution in [0.15, 0.2) is 22.7 Å². The van der Waals surface area contributed by atoms with Crippen molar-refractivity contribution < 1.29 is 18.8 Å². The average molecular weight is 427 g/mol. The number of benzene rings is 1. The molecule has 3 rings (SSSR count). The largest absolute Gasteiger partial charge is 0.480 e. The zero-order valence-corrected chi connectivity index (χ0v) is 17.8. The highest BCUT2D eigenvalue weighted by atomic mass is 35.5. The molecule has 1 aliphatic rings. The third-order valence-electron chi connectivity index (χ3n) is 5.54. The Labute approximate surface area is 176 Å². The Bertz CT molecular complexity index is 824. The van der Waals surface area contributed by atoms with E-state index in [0.717, 1.165) is 32.5 Å². The number of aryl methyl sites for hydroxylation is 1. The number of carbonyl (C=O) groups is 1. The first-order valence-electron chi connectivity index (χ1n) is 9.69. The molecular weight excluding hydrogens is 399 g/mol. The van der Waals surface area contributed by atoms with Gasteiger partial charge in [-0.1, -0.05) is 24.2 Å². The molecule has 0 radical (unpaired) electrons. The molecule has 1 N–H and O–H groups in total. The number of carboxylic acid groups (broad SMARTS) is 1. The molecule has 9 heteroatoms. The van der Waals surface area contributed by atoms with Gasteiger partial charge in [-0.3, -0.25) is 14.6 Å². The summed E-state index contributed by atoms with van der Waals surface area (Å²) in [5.74, 6) is -0.189. The third kappa shape index (κ3) is 5.52. The second-order valence-corrected chi connectivity index (χ2v) is 7.32. The van der Waals surface area contributed by atoms with Crippen LogP contribution in [0, 0.1) is 12.7 Å². The normalized spacial score (nSPS) is 16.6. The number of halogens is 2. The van der Waals surface area contributed by atoms with E-state index < -0.39 is 5.97 Å². The van der Waals surface area contributed by atoms with E-state index in [1.54, 1.807) is 19.1 Å². The summed E-state index contributed by atoms with van der Waals surface area (Å²) >= 11 is 0. The summed E-state index contributed by atoms with van der Waals surface area (Å²) in [4.78, 5) is 19.8. The van der Waals surface area contributed by atoms with Gasteiger partial charge in [0.1, 0.15) is 5.82 Å². The van der Waals surface area contributed by atoms with Crippen molar-refractivity contribution in [3.05, 3.63) is 35.5 Å². The van der Waals surface area contributed by atoms with E-state index in [9.17, 15) is 9.18 Å². The van der Waals surface area contributed by atoms with E-state index in [1.807, 2.05) is 18.7 Å². The monoisotopic (exact) mass is 426 g/mol. The molecule has 1 aromatic heterocycles. The van der Waals surface area contributed by atoms with E-state index in [4.69, 9.17) is 9.63 Å². The standard InChI is InChI=1S/C20H27FN4O3.ClH/c1-4-24(12-18(26)27)16-7-9-25(10-8-16)14(3)20-22-19(23-28-20)15-6-5-13(2)17(21)11-15;/h5-6,11,14,16H,4,7-10,12H2,1-3H3,(H,26,27);1H. The molecule has 0 saturated carbocycles. The first kappa shape index (κ1) is 23.3. The van der Waals surface area contributed by atoms with Crippen LogP contribution >= 0.6 is 12.4 Å². The molecule has 2 heterocycles. The van der Waals surface area contributed by atoms with Crippen LogP contribution in [0.25, 0.3) is 11.4 Å². The fourth-order valence-electron chi connectivity index (χ4n) is 3.72. The van der Waals surface area contributed by atoms with E-state index in [-0.39, 0.29) is 36.9 Å². The summed E-state index contributed by atoms with van der Waals surface area (Å²) < 4.78 is 19.2. The van der Waals surface area contributed by atoms with Crippen molar-refractivity contribution in [3.8, 4) is 11.4 Å². The number of piperidine rings is 1. The molecule has 1 unspecified atom stereocenters. The van der Waals surface area contributed by atoms with E-state index in [0.29, 0.717) is 22.8 Å². The lowest BCUT2D eigenvalue weighted by atomic mass is 10.0. The lowest BCUT2D eigenvalue weighted by Crippen LogP contribution is -2.47. The minimum Gasteiger partial charge on any atom is -0.480 e. The smallest absolute Gasteiger partial charge is 0.317 e. The minimum atomic E-state index is -0.788. The average Bonchev–Trinajstić information content (AvgIpc) is 3.18. The second kappa shape index (κ2) is 10.1. The maximum Gasteiger partial charge on any atom is 0.317 e. The summed E-state index contributed by atoms with van der Waals surface area (Å²) in [6.45, 7) is 8.19. The zero-order chi connectivity index (χ0) is 20.3. The number of aromatic nitrogens is 2. The van der Waals surface area contributed by atoms with Crippen molar-refractivity contribution in [2.45, 2.75) is 45.7 Å². The Kier molecular flexibility index (Phi) is 8.13. The number of hydrogen-bond acceptors (Lipinski definition) is 6. The highest BCUT2D eigenvalue weighted by Gasteiger charge is 2.29. The Morgan fingerprint density at radius 3 is 2.69 bits per heavy atom. The quantitative estimate of drug-likeness (QED) is 0.724. The van der Waals surface area contributed by atoms with Crippen molar-refractivity contribution in [2.75, 3.05) is 26.2 Å². The Hall–Kier alpha value is -2.03. The van der Waals surface area contributed by atoms with Gasteiger partial charge in [-0.25, -0.2) is 4.39 Å². The first-order chi connectivity index (χ1) is 13.4. The van der Waals surface area contributed by atoms with Crippen molar-refractivity contribution in [1.29, 1.82) is 0 Å². The number of aliphatic carboxylic acids is 1. The highest BCUT2D eigenvalue weighted by Crippen LogP contribution is 2.27. The van der Waals surface area contributed by atoms with Crippen LogP contribution in [-0.4, -0.2) is 63.2 Å². The van der Waals surface area contributed by atoms with Gasteiger partial charge in [-0.05, 0) is 44.9 Å². The van der Waals surface area contributed by atoms with Gasteiger partial charge in [0.2, 0.25) is 11.7 Å². The number of likely N-dealkylation sites (N-methyl/N-ethyl adjacent to an activating group) is 1. The van der Waals surface area contributed by atoms with Crippen molar-refractivity contribution in [2.24, 2.45) is 0 Å². The van der Waals surface area contributed by atoms with Crippen LogP contribution in [-0.2, 0) is 4.79 Å². The molecule has 29 heavy (non-hydrogen) atoms. The third-order valence-corrected chi connectivity index (χ3v) is 5.54. The lowest BCUT2D eigenvalue weighted by molar-refractivity contribution is -0.139. The summed E-state index contributed by atoms with van der Waals surface area (Å²) in [5, 5.41) is 13.1. The van der Waals surface area contributed by atoms with E-state index in [1.165, 1.54) is 6.07 Å². The molecule has 1 aromatic carbocycles. The molecule has 7 nitrogen and oxygen atoms in total. The number of carboxylic acids is 1. The fraction of sp³-hybridized carbons (Fsp3) is 0.550. The Balaban J connectivity index is 0.00000300. The molecule has 160 valence electrons.